The summed E-state index contributed by atoms with van der Waals surface area (Å²) in [6.45, 7) is 0. The standard InChI is InChI=1S/C21H16FN3O3/c22-13-3-1-2-12(8-13)18-17(19(26)11-4-5-11)20(27)21(28)25(18)14-6-7-15-16(9-14)24-10-23-15/h1-3,6-11,18,27H,4-5H2,(H,23,24). The van der Waals surface area contributed by atoms with E-state index in [4.69, 9.17) is 0 Å². The molecule has 1 atom stereocenters. The molecule has 1 amide bonds. The number of anilines is 1. The molecular weight excluding hydrogens is 361 g/mol. The van der Waals surface area contributed by atoms with Gasteiger partial charge < -0.3 is 10.1 Å². The van der Waals surface area contributed by atoms with Crippen molar-refractivity contribution < 1.29 is 19.1 Å². The first kappa shape index (κ1) is 16.7. The van der Waals surface area contributed by atoms with E-state index in [0.717, 1.165) is 18.4 Å². The van der Waals surface area contributed by atoms with Crippen LogP contribution in [0.25, 0.3) is 11.0 Å². The number of hydrogen-bond donors (Lipinski definition) is 2. The van der Waals surface area contributed by atoms with E-state index in [-0.39, 0.29) is 17.3 Å². The number of imidazole rings is 1. The lowest BCUT2D eigenvalue weighted by Crippen LogP contribution is -2.31. The molecule has 140 valence electrons. The van der Waals surface area contributed by atoms with Crippen molar-refractivity contribution in [3.05, 3.63) is 71.5 Å². The Morgan fingerprint density at radius 1 is 1.21 bits per heavy atom. The van der Waals surface area contributed by atoms with Crippen LogP contribution in [0, 0.1) is 11.7 Å². The summed E-state index contributed by atoms with van der Waals surface area (Å²) >= 11 is 0. The van der Waals surface area contributed by atoms with E-state index < -0.39 is 23.5 Å². The second kappa shape index (κ2) is 6.02. The number of aromatic amines is 1. The molecular formula is C21H16FN3O3. The van der Waals surface area contributed by atoms with Crippen molar-refractivity contribution in [2.45, 2.75) is 18.9 Å². The van der Waals surface area contributed by atoms with E-state index in [1.54, 1.807) is 30.6 Å². The van der Waals surface area contributed by atoms with E-state index in [0.29, 0.717) is 16.8 Å². The normalized spacial score (nSPS) is 19.7. The fraction of sp³-hybridized carbons (Fsp3) is 0.190. The number of amides is 1. The highest BCUT2D eigenvalue weighted by Gasteiger charge is 2.47. The zero-order valence-corrected chi connectivity index (χ0v) is 14.7. The summed E-state index contributed by atoms with van der Waals surface area (Å²) in [4.78, 5) is 34.3. The van der Waals surface area contributed by atoms with Crippen LogP contribution >= 0.6 is 0 Å². The molecule has 2 N–H and O–H groups in total. The number of aromatic nitrogens is 2. The third kappa shape index (κ3) is 2.51. The predicted octanol–water partition coefficient (Wildman–Crippen LogP) is 3.58. The van der Waals surface area contributed by atoms with Crippen LogP contribution in [0.5, 0.6) is 0 Å². The van der Waals surface area contributed by atoms with E-state index >= 15 is 0 Å². The molecule has 7 heteroatoms. The third-order valence-corrected chi connectivity index (χ3v) is 5.27. The van der Waals surface area contributed by atoms with E-state index in [1.807, 2.05) is 0 Å². The molecule has 0 bridgehead atoms. The molecule has 28 heavy (non-hydrogen) atoms. The Labute approximate surface area is 159 Å². The Kier molecular flexibility index (Phi) is 3.58. The second-order valence-electron chi connectivity index (χ2n) is 7.14. The number of carbonyl (C=O) groups is 2. The fourth-order valence-electron chi connectivity index (χ4n) is 3.75. The largest absolute Gasteiger partial charge is 0.503 e. The van der Waals surface area contributed by atoms with E-state index in [1.165, 1.54) is 23.1 Å². The van der Waals surface area contributed by atoms with Gasteiger partial charge in [0, 0.05) is 11.6 Å². The van der Waals surface area contributed by atoms with Gasteiger partial charge in [0.05, 0.1) is 29.0 Å². The van der Waals surface area contributed by atoms with Crippen LogP contribution in [0.3, 0.4) is 0 Å². The highest BCUT2D eigenvalue weighted by molar-refractivity contribution is 6.17. The van der Waals surface area contributed by atoms with Crippen LogP contribution in [0.2, 0.25) is 0 Å². The monoisotopic (exact) mass is 377 g/mol. The Morgan fingerprint density at radius 3 is 2.79 bits per heavy atom. The van der Waals surface area contributed by atoms with Crippen molar-refractivity contribution >= 4 is 28.4 Å². The number of Topliss-reactive ketones (excluding diaryl/α,β-unsaturated/α-hetero) is 1. The molecule has 1 fully saturated rings. The summed E-state index contributed by atoms with van der Waals surface area (Å²) in [5, 5.41) is 10.6. The first-order chi connectivity index (χ1) is 13.5. The zero-order chi connectivity index (χ0) is 19.4. The van der Waals surface area contributed by atoms with Crippen LogP contribution in [0.15, 0.2) is 60.1 Å². The van der Waals surface area contributed by atoms with Gasteiger partial charge in [-0.3, -0.25) is 14.5 Å². The lowest BCUT2D eigenvalue weighted by Gasteiger charge is -2.27. The summed E-state index contributed by atoms with van der Waals surface area (Å²) < 4.78 is 13.9. The molecule has 1 aliphatic heterocycles. The Hall–Kier alpha value is -3.48. The number of hydrogen-bond acceptors (Lipinski definition) is 4. The first-order valence-electron chi connectivity index (χ1n) is 9.04. The van der Waals surface area contributed by atoms with Crippen LogP contribution in [-0.4, -0.2) is 26.8 Å². The van der Waals surface area contributed by atoms with Gasteiger partial charge in [0.1, 0.15) is 5.82 Å². The molecule has 2 heterocycles. The first-order valence-corrected chi connectivity index (χ1v) is 9.04. The van der Waals surface area contributed by atoms with Gasteiger partial charge in [-0.2, -0.15) is 0 Å². The molecule has 0 radical (unpaired) electrons. The topological polar surface area (TPSA) is 86.3 Å². The number of rotatable bonds is 4. The molecule has 1 aromatic heterocycles. The Morgan fingerprint density at radius 2 is 2.04 bits per heavy atom. The third-order valence-electron chi connectivity index (χ3n) is 5.27. The molecule has 1 saturated carbocycles. The van der Waals surface area contributed by atoms with Gasteiger partial charge in [0.15, 0.2) is 11.5 Å². The van der Waals surface area contributed by atoms with Crippen LogP contribution in [0.4, 0.5) is 10.1 Å². The molecule has 0 saturated heterocycles. The number of nitrogens with one attached hydrogen (secondary N) is 1. The number of aliphatic hydroxyl groups is 1. The minimum absolute atomic E-state index is 0.0419. The van der Waals surface area contributed by atoms with Crippen LogP contribution in [-0.2, 0) is 9.59 Å². The van der Waals surface area contributed by atoms with Crippen molar-refractivity contribution in [3.63, 3.8) is 0 Å². The number of H-pyrrole nitrogens is 1. The quantitative estimate of drug-likeness (QED) is 0.728. The lowest BCUT2D eigenvalue weighted by molar-refractivity contribution is -0.118. The number of benzene rings is 2. The van der Waals surface area contributed by atoms with Gasteiger partial charge in [-0.15, -0.1) is 0 Å². The highest BCUT2D eigenvalue weighted by Crippen LogP contribution is 2.45. The molecule has 0 spiro atoms. The minimum atomic E-state index is -0.882. The summed E-state index contributed by atoms with van der Waals surface area (Å²) in [6, 6.07) is 10.1. The average molecular weight is 377 g/mol. The van der Waals surface area contributed by atoms with Crippen molar-refractivity contribution in [1.29, 1.82) is 0 Å². The summed E-state index contributed by atoms with van der Waals surface area (Å²) in [5.74, 6) is -2.14. The van der Waals surface area contributed by atoms with Crippen molar-refractivity contribution in [3.8, 4) is 0 Å². The van der Waals surface area contributed by atoms with Crippen molar-refractivity contribution in [2.24, 2.45) is 5.92 Å². The summed E-state index contributed by atoms with van der Waals surface area (Å²) in [7, 11) is 0. The number of aliphatic hydroxyl groups excluding tert-OH is 1. The van der Waals surface area contributed by atoms with Crippen molar-refractivity contribution in [2.75, 3.05) is 4.90 Å². The smallest absolute Gasteiger partial charge is 0.294 e. The van der Waals surface area contributed by atoms with Gasteiger partial charge in [-0.25, -0.2) is 9.37 Å². The number of nitrogens with zero attached hydrogens (tertiary/aromatic N) is 2. The second-order valence-corrected chi connectivity index (χ2v) is 7.14. The predicted molar refractivity (Wildman–Crippen MR) is 100 cm³/mol. The van der Waals surface area contributed by atoms with E-state index in [9.17, 15) is 19.1 Å². The maximum absolute atomic E-state index is 13.9. The lowest BCUT2D eigenvalue weighted by atomic mass is 9.94. The number of ketones is 1. The van der Waals surface area contributed by atoms with Gasteiger partial charge in [0.2, 0.25) is 0 Å². The van der Waals surface area contributed by atoms with Gasteiger partial charge in [0.25, 0.3) is 5.91 Å². The number of halogens is 1. The Bertz CT molecular complexity index is 1160. The number of carbonyl (C=O) groups excluding carboxylic acids is 2. The SMILES string of the molecule is O=C(C1=C(O)C(=O)N(c2ccc3[nH]cnc3c2)C1c1cccc(F)c1)C1CC1. The van der Waals surface area contributed by atoms with Crippen LogP contribution < -0.4 is 4.90 Å². The highest BCUT2D eigenvalue weighted by atomic mass is 19.1. The molecule has 1 unspecified atom stereocenters. The molecule has 2 aromatic carbocycles. The van der Waals surface area contributed by atoms with Gasteiger partial charge in [-0.1, -0.05) is 12.1 Å². The maximum atomic E-state index is 13.9. The molecule has 5 rings (SSSR count). The maximum Gasteiger partial charge on any atom is 0.294 e. The van der Waals surface area contributed by atoms with Gasteiger partial charge in [-0.05, 0) is 48.7 Å². The molecule has 1 aliphatic carbocycles. The van der Waals surface area contributed by atoms with Crippen LogP contribution in [0.1, 0.15) is 24.4 Å². The molecule has 3 aromatic rings. The van der Waals surface area contributed by atoms with Gasteiger partial charge >= 0.3 is 0 Å². The van der Waals surface area contributed by atoms with Crippen molar-refractivity contribution in [1.82, 2.24) is 9.97 Å². The van der Waals surface area contributed by atoms with E-state index in [2.05, 4.69) is 9.97 Å². The fourth-order valence-corrected chi connectivity index (χ4v) is 3.75. The molecule has 2 aliphatic rings. The minimum Gasteiger partial charge on any atom is -0.503 e. The average Bonchev–Trinajstić information content (AvgIpc) is 3.38. The zero-order valence-electron chi connectivity index (χ0n) is 14.7. The number of fused-ring (bicyclic) bond motifs is 1. The summed E-state index contributed by atoms with van der Waals surface area (Å²) in [6.07, 6.45) is 3.01. The molecule has 6 nitrogen and oxygen atoms in total. The summed E-state index contributed by atoms with van der Waals surface area (Å²) in [5.41, 5.74) is 2.39. The Balaban J connectivity index is 1.68.